The van der Waals surface area contributed by atoms with Gasteiger partial charge in [-0.25, -0.2) is 14.4 Å². The van der Waals surface area contributed by atoms with Crippen LogP contribution in [0.1, 0.15) is 31.1 Å². The third-order valence-electron chi connectivity index (χ3n) is 3.23. The summed E-state index contributed by atoms with van der Waals surface area (Å²) in [5.74, 6) is -1.89. The highest BCUT2D eigenvalue weighted by molar-refractivity contribution is 6.11. The van der Waals surface area contributed by atoms with Crippen molar-refractivity contribution in [3.8, 4) is 0 Å². The van der Waals surface area contributed by atoms with Crippen LogP contribution < -0.4 is 0 Å². The first-order valence-electron chi connectivity index (χ1n) is 6.35. The molecule has 0 aliphatic heterocycles. The Balaban J connectivity index is 2.80. The lowest BCUT2D eigenvalue weighted by atomic mass is 9.97. The van der Waals surface area contributed by atoms with Gasteiger partial charge in [0.05, 0.1) is 38.0 Å². The van der Waals surface area contributed by atoms with E-state index < -0.39 is 17.9 Å². The molecule has 0 aromatic heterocycles. The van der Waals surface area contributed by atoms with Crippen LogP contribution in [0.25, 0.3) is 10.8 Å². The van der Waals surface area contributed by atoms with E-state index in [-0.39, 0.29) is 11.1 Å². The molecule has 0 radical (unpaired) electrons. The summed E-state index contributed by atoms with van der Waals surface area (Å²) in [5, 5.41) is 1.10. The number of carbonyl (C=O) groups is 3. The summed E-state index contributed by atoms with van der Waals surface area (Å²) >= 11 is 0. The molecule has 6 heteroatoms. The summed E-state index contributed by atoms with van der Waals surface area (Å²) in [4.78, 5) is 35.6. The molecule has 0 saturated heterocycles. The highest BCUT2D eigenvalue weighted by Crippen LogP contribution is 2.25. The maximum Gasteiger partial charge on any atom is 0.338 e. The number of carbonyl (C=O) groups excluding carboxylic acids is 3. The predicted octanol–water partition coefficient (Wildman–Crippen LogP) is 2.20. The minimum atomic E-state index is -0.693. The van der Waals surface area contributed by atoms with E-state index in [0.29, 0.717) is 16.3 Å². The number of fused-ring (bicyclic) bond motifs is 1. The van der Waals surface area contributed by atoms with Crippen LogP contribution in [0.15, 0.2) is 30.3 Å². The molecule has 2 rings (SSSR count). The Bertz CT molecular complexity index is 763. The molecular formula is C16H14O6. The average Bonchev–Trinajstić information content (AvgIpc) is 2.57. The van der Waals surface area contributed by atoms with Crippen LogP contribution >= 0.6 is 0 Å². The molecule has 0 atom stereocenters. The second kappa shape index (κ2) is 6.26. The summed E-state index contributed by atoms with van der Waals surface area (Å²) in [6.45, 7) is 0. The molecule has 0 aliphatic rings. The van der Waals surface area contributed by atoms with Gasteiger partial charge >= 0.3 is 17.9 Å². The number of methoxy groups -OCH3 is 3. The largest absolute Gasteiger partial charge is 0.465 e. The Labute approximate surface area is 126 Å². The molecule has 114 valence electrons. The third kappa shape index (κ3) is 2.63. The smallest absolute Gasteiger partial charge is 0.338 e. The van der Waals surface area contributed by atoms with Crippen LogP contribution in [0.5, 0.6) is 0 Å². The lowest BCUT2D eigenvalue weighted by Crippen LogP contribution is -2.12. The van der Waals surface area contributed by atoms with Crippen molar-refractivity contribution >= 4 is 28.7 Å². The monoisotopic (exact) mass is 302 g/mol. The van der Waals surface area contributed by atoms with Crippen molar-refractivity contribution in [1.82, 2.24) is 0 Å². The van der Waals surface area contributed by atoms with Crippen LogP contribution in [0, 0.1) is 0 Å². The Morgan fingerprint density at radius 3 is 1.77 bits per heavy atom. The van der Waals surface area contributed by atoms with Crippen LogP contribution in [-0.4, -0.2) is 39.2 Å². The van der Waals surface area contributed by atoms with Crippen LogP contribution in [0.4, 0.5) is 0 Å². The van der Waals surface area contributed by atoms with Crippen molar-refractivity contribution < 1.29 is 28.6 Å². The van der Waals surface area contributed by atoms with E-state index in [0.717, 1.165) is 0 Å². The van der Waals surface area contributed by atoms with Gasteiger partial charge in [0, 0.05) is 0 Å². The molecule has 0 bridgehead atoms. The maximum atomic E-state index is 11.9. The molecule has 6 nitrogen and oxygen atoms in total. The first-order valence-corrected chi connectivity index (χ1v) is 6.35. The fourth-order valence-corrected chi connectivity index (χ4v) is 2.17. The highest BCUT2D eigenvalue weighted by Gasteiger charge is 2.21. The zero-order valence-electron chi connectivity index (χ0n) is 12.3. The van der Waals surface area contributed by atoms with E-state index in [1.165, 1.54) is 33.5 Å². The Kier molecular flexibility index (Phi) is 4.41. The van der Waals surface area contributed by atoms with Crippen molar-refractivity contribution in [2.24, 2.45) is 0 Å². The van der Waals surface area contributed by atoms with Gasteiger partial charge in [-0.05, 0) is 29.0 Å². The predicted molar refractivity (Wildman–Crippen MR) is 78.0 cm³/mol. The molecule has 0 saturated carbocycles. The van der Waals surface area contributed by atoms with E-state index in [4.69, 9.17) is 4.74 Å². The van der Waals surface area contributed by atoms with Gasteiger partial charge in [-0.15, -0.1) is 0 Å². The number of rotatable bonds is 3. The zero-order chi connectivity index (χ0) is 16.3. The van der Waals surface area contributed by atoms with Crippen molar-refractivity contribution in [2.45, 2.75) is 0 Å². The molecule has 0 amide bonds. The van der Waals surface area contributed by atoms with E-state index in [9.17, 15) is 14.4 Å². The number of esters is 3. The first-order chi connectivity index (χ1) is 10.5. The van der Waals surface area contributed by atoms with Crippen molar-refractivity contribution in [3.63, 3.8) is 0 Å². The standard InChI is InChI=1S/C16H14O6/c1-20-14(17)10-6-4-5-9-7-12(15(18)21-2)13(8-11(9)10)16(19)22-3/h4-8H,1-3H3. The van der Waals surface area contributed by atoms with Gasteiger partial charge in [0.2, 0.25) is 0 Å². The van der Waals surface area contributed by atoms with E-state index in [1.807, 2.05) is 0 Å². The lowest BCUT2D eigenvalue weighted by Gasteiger charge is -2.10. The molecular weight excluding hydrogens is 288 g/mol. The Morgan fingerprint density at radius 2 is 1.23 bits per heavy atom. The first kappa shape index (κ1) is 15.5. The number of hydrogen-bond acceptors (Lipinski definition) is 6. The summed E-state index contributed by atoms with van der Waals surface area (Å²) < 4.78 is 14.1. The van der Waals surface area contributed by atoms with E-state index in [1.54, 1.807) is 18.2 Å². The summed E-state index contributed by atoms with van der Waals surface area (Å²) in [6, 6.07) is 7.87. The van der Waals surface area contributed by atoms with Crippen LogP contribution in [-0.2, 0) is 14.2 Å². The van der Waals surface area contributed by atoms with Gasteiger partial charge in [0.15, 0.2) is 0 Å². The second-order valence-corrected chi connectivity index (χ2v) is 4.40. The van der Waals surface area contributed by atoms with Gasteiger partial charge in [-0.3, -0.25) is 0 Å². The molecule has 0 heterocycles. The summed E-state index contributed by atoms with van der Waals surface area (Å²) in [6.07, 6.45) is 0. The topological polar surface area (TPSA) is 78.9 Å². The second-order valence-electron chi connectivity index (χ2n) is 4.40. The van der Waals surface area contributed by atoms with Crippen molar-refractivity contribution in [2.75, 3.05) is 21.3 Å². The lowest BCUT2D eigenvalue weighted by molar-refractivity contribution is 0.0555. The normalized spacial score (nSPS) is 10.1. The SMILES string of the molecule is COC(=O)c1cc2cccc(C(=O)OC)c2cc1C(=O)OC. The Morgan fingerprint density at radius 1 is 0.727 bits per heavy atom. The molecule has 2 aromatic rings. The summed E-state index contributed by atoms with van der Waals surface area (Å²) in [5.41, 5.74) is 0.392. The molecule has 0 aliphatic carbocycles. The minimum Gasteiger partial charge on any atom is -0.465 e. The van der Waals surface area contributed by atoms with Gasteiger partial charge in [-0.1, -0.05) is 12.1 Å². The molecule has 0 unspecified atom stereocenters. The molecule has 0 N–H and O–H groups in total. The van der Waals surface area contributed by atoms with Crippen molar-refractivity contribution in [1.29, 1.82) is 0 Å². The van der Waals surface area contributed by atoms with Crippen LogP contribution in [0.2, 0.25) is 0 Å². The van der Waals surface area contributed by atoms with E-state index >= 15 is 0 Å². The fourth-order valence-electron chi connectivity index (χ4n) is 2.17. The minimum absolute atomic E-state index is 0.0261. The molecule has 2 aromatic carbocycles. The van der Waals surface area contributed by atoms with E-state index in [2.05, 4.69) is 9.47 Å². The van der Waals surface area contributed by atoms with Crippen molar-refractivity contribution in [3.05, 3.63) is 47.0 Å². The Hall–Kier alpha value is -2.89. The van der Waals surface area contributed by atoms with Gasteiger partial charge in [-0.2, -0.15) is 0 Å². The fraction of sp³-hybridized carbons (Fsp3) is 0.188. The highest BCUT2D eigenvalue weighted by atomic mass is 16.5. The number of hydrogen-bond donors (Lipinski definition) is 0. The van der Waals surface area contributed by atoms with Gasteiger partial charge in [0.25, 0.3) is 0 Å². The maximum absolute atomic E-state index is 11.9. The van der Waals surface area contributed by atoms with Gasteiger partial charge < -0.3 is 14.2 Å². The third-order valence-corrected chi connectivity index (χ3v) is 3.23. The zero-order valence-corrected chi connectivity index (χ0v) is 12.3. The number of benzene rings is 2. The van der Waals surface area contributed by atoms with Gasteiger partial charge in [0.1, 0.15) is 0 Å². The van der Waals surface area contributed by atoms with Crippen LogP contribution in [0.3, 0.4) is 0 Å². The molecule has 0 fully saturated rings. The number of ether oxygens (including phenoxy) is 3. The quantitative estimate of drug-likeness (QED) is 0.639. The summed E-state index contributed by atoms with van der Waals surface area (Å²) in [7, 11) is 3.70. The molecule has 22 heavy (non-hydrogen) atoms. The average molecular weight is 302 g/mol. The molecule has 0 spiro atoms.